The van der Waals surface area contributed by atoms with E-state index in [9.17, 15) is 9.59 Å². The van der Waals surface area contributed by atoms with Crippen molar-refractivity contribution in [1.82, 2.24) is 5.32 Å². The molecule has 0 aromatic carbocycles. The van der Waals surface area contributed by atoms with E-state index in [0.29, 0.717) is 25.4 Å². The maximum atomic E-state index is 12.2. The zero-order valence-electron chi connectivity index (χ0n) is 17.5. The molecule has 1 rings (SSSR count). The van der Waals surface area contributed by atoms with Gasteiger partial charge in [-0.2, -0.15) is 0 Å². The van der Waals surface area contributed by atoms with Crippen LogP contribution in [-0.2, 0) is 18.8 Å². The zero-order valence-corrected chi connectivity index (χ0v) is 18.5. The van der Waals surface area contributed by atoms with Gasteiger partial charge in [0, 0.05) is 12.5 Å². The largest absolute Gasteiger partial charge is 0.458 e. The number of carbonyl (C=O) groups excluding carboxylic acids is 2. The summed E-state index contributed by atoms with van der Waals surface area (Å²) in [6, 6.07) is -0.533. The topological polar surface area (TPSA) is 64.6 Å². The van der Waals surface area contributed by atoms with Gasteiger partial charge >= 0.3 is 5.97 Å². The van der Waals surface area contributed by atoms with Crippen LogP contribution in [0.3, 0.4) is 0 Å². The first-order valence-corrected chi connectivity index (χ1v) is 12.3. The Labute approximate surface area is 154 Å². The average molecular weight is 372 g/mol. The molecule has 5 nitrogen and oxygen atoms in total. The molecule has 0 spiro atoms. The second-order valence-electron chi connectivity index (χ2n) is 9.55. The summed E-state index contributed by atoms with van der Waals surface area (Å²) >= 11 is 0. The fourth-order valence-corrected chi connectivity index (χ4v) is 5.25. The molecule has 0 saturated carbocycles. The quantitative estimate of drug-likeness (QED) is 0.545. The Balaban J connectivity index is 2.54. The highest BCUT2D eigenvalue weighted by molar-refractivity contribution is 6.74. The SMILES string of the molecule is CC(C)C(C)(C)[Si](C)(C)OCC[C@H]1C[C@@H](C(=O)OC(C)(C)C)NC1=O. The molecule has 0 radical (unpaired) electrons. The third kappa shape index (κ3) is 5.81. The van der Waals surface area contributed by atoms with E-state index in [0.717, 1.165) is 0 Å². The van der Waals surface area contributed by atoms with Gasteiger partial charge in [-0.3, -0.25) is 4.79 Å². The van der Waals surface area contributed by atoms with Gasteiger partial charge in [-0.05, 0) is 57.7 Å². The van der Waals surface area contributed by atoms with Crippen LogP contribution in [0.1, 0.15) is 61.3 Å². The van der Waals surface area contributed by atoms with Crippen molar-refractivity contribution in [1.29, 1.82) is 0 Å². The lowest BCUT2D eigenvalue weighted by molar-refractivity contribution is -0.157. The van der Waals surface area contributed by atoms with Crippen LogP contribution in [0, 0.1) is 11.8 Å². The Hall–Kier alpha value is -0.883. The molecule has 1 aliphatic rings. The van der Waals surface area contributed by atoms with Crippen LogP contribution in [0.25, 0.3) is 0 Å². The summed E-state index contributed by atoms with van der Waals surface area (Å²) in [7, 11) is -1.88. The minimum Gasteiger partial charge on any atom is -0.458 e. The summed E-state index contributed by atoms with van der Waals surface area (Å²) in [5.74, 6) is -0.0491. The molecule has 0 aromatic rings. The van der Waals surface area contributed by atoms with Crippen molar-refractivity contribution in [2.75, 3.05) is 6.61 Å². The van der Waals surface area contributed by atoms with Crippen molar-refractivity contribution < 1.29 is 18.8 Å². The van der Waals surface area contributed by atoms with Crippen molar-refractivity contribution in [3.8, 4) is 0 Å². The summed E-state index contributed by atoms with van der Waals surface area (Å²) in [5.41, 5.74) is -0.541. The maximum Gasteiger partial charge on any atom is 0.329 e. The predicted molar refractivity (Wildman–Crippen MR) is 103 cm³/mol. The molecule has 0 aliphatic carbocycles. The summed E-state index contributed by atoms with van der Waals surface area (Å²) in [6.07, 6.45) is 1.14. The van der Waals surface area contributed by atoms with Crippen molar-refractivity contribution in [2.24, 2.45) is 11.8 Å². The molecule has 1 heterocycles. The van der Waals surface area contributed by atoms with Crippen molar-refractivity contribution in [3.63, 3.8) is 0 Å². The number of hydrogen-bond acceptors (Lipinski definition) is 4. The van der Waals surface area contributed by atoms with Gasteiger partial charge < -0.3 is 14.5 Å². The summed E-state index contributed by atoms with van der Waals surface area (Å²) in [4.78, 5) is 24.3. The van der Waals surface area contributed by atoms with E-state index in [-0.39, 0.29) is 22.8 Å². The lowest BCUT2D eigenvalue weighted by atomic mass is 9.99. The Bertz CT molecular complexity index is 494. The highest BCUT2D eigenvalue weighted by atomic mass is 28.4. The number of esters is 1. The zero-order chi connectivity index (χ0) is 19.6. The molecule has 2 atom stereocenters. The van der Waals surface area contributed by atoms with Crippen LogP contribution >= 0.6 is 0 Å². The van der Waals surface area contributed by atoms with E-state index in [4.69, 9.17) is 9.16 Å². The normalized spacial score (nSPS) is 22.2. The number of amides is 1. The molecule has 1 saturated heterocycles. The number of rotatable bonds is 7. The standard InChI is InChI=1S/C19H37NO4Si/c1-13(2)19(6,7)25(8,9)23-11-10-14-12-15(20-16(14)21)17(22)24-18(3,4)5/h13-15H,10-12H2,1-9H3,(H,20,21)/t14-,15-/m0/s1. The number of ether oxygens (including phenoxy) is 1. The molecule has 6 heteroatoms. The van der Waals surface area contributed by atoms with Crippen LogP contribution in [0.4, 0.5) is 0 Å². The van der Waals surface area contributed by atoms with Gasteiger partial charge in [-0.15, -0.1) is 0 Å². The molecule has 0 bridgehead atoms. The van der Waals surface area contributed by atoms with Gasteiger partial charge in [0.15, 0.2) is 8.32 Å². The molecule has 0 aromatic heterocycles. The first-order valence-electron chi connectivity index (χ1n) is 9.34. The highest BCUT2D eigenvalue weighted by Gasteiger charge is 2.44. The Morgan fingerprint density at radius 2 is 1.80 bits per heavy atom. The molecule has 1 aliphatic heterocycles. The van der Waals surface area contributed by atoms with E-state index in [1.165, 1.54) is 0 Å². The number of nitrogens with one attached hydrogen (secondary N) is 1. The van der Waals surface area contributed by atoms with E-state index in [1.807, 2.05) is 20.8 Å². The van der Waals surface area contributed by atoms with Gasteiger partial charge in [0.2, 0.25) is 5.91 Å². The molecule has 1 amide bonds. The molecule has 0 unspecified atom stereocenters. The Kier molecular flexibility index (Phi) is 6.90. The lowest BCUT2D eigenvalue weighted by Crippen LogP contribution is -2.45. The van der Waals surface area contributed by atoms with E-state index in [2.05, 4.69) is 46.1 Å². The van der Waals surface area contributed by atoms with E-state index >= 15 is 0 Å². The third-order valence-corrected chi connectivity index (χ3v) is 10.4. The summed E-state index contributed by atoms with van der Waals surface area (Å²) < 4.78 is 11.7. The predicted octanol–water partition coefficient (Wildman–Crippen LogP) is 3.88. The lowest BCUT2D eigenvalue weighted by Gasteiger charge is -2.42. The van der Waals surface area contributed by atoms with Crippen LogP contribution < -0.4 is 5.32 Å². The molecule has 1 fully saturated rings. The first kappa shape index (κ1) is 22.2. The fourth-order valence-electron chi connectivity index (χ4n) is 2.85. The first-order chi connectivity index (χ1) is 11.2. The molecular weight excluding hydrogens is 334 g/mol. The van der Waals surface area contributed by atoms with Crippen molar-refractivity contribution >= 4 is 20.2 Å². The Morgan fingerprint density at radius 3 is 2.28 bits per heavy atom. The van der Waals surface area contributed by atoms with Crippen LogP contribution in [-0.4, -0.2) is 38.4 Å². The van der Waals surface area contributed by atoms with Crippen molar-refractivity contribution in [3.05, 3.63) is 0 Å². The minimum absolute atomic E-state index is 0.0675. The van der Waals surface area contributed by atoms with Gasteiger partial charge in [0.05, 0.1) is 0 Å². The average Bonchev–Trinajstić information content (AvgIpc) is 2.78. The fraction of sp³-hybridized carbons (Fsp3) is 0.895. The van der Waals surface area contributed by atoms with Crippen LogP contribution in [0.5, 0.6) is 0 Å². The minimum atomic E-state index is -1.88. The summed E-state index contributed by atoms with van der Waals surface area (Å²) in [5, 5.41) is 2.92. The monoisotopic (exact) mass is 371 g/mol. The molecule has 146 valence electrons. The summed E-state index contributed by atoms with van der Waals surface area (Å²) in [6.45, 7) is 19.5. The molecule has 1 N–H and O–H groups in total. The smallest absolute Gasteiger partial charge is 0.329 e. The van der Waals surface area contributed by atoms with Crippen molar-refractivity contribution in [2.45, 2.75) is 91.1 Å². The third-order valence-electron chi connectivity index (χ3n) is 5.82. The van der Waals surface area contributed by atoms with Gasteiger partial charge in [-0.1, -0.05) is 27.7 Å². The second kappa shape index (κ2) is 7.78. The van der Waals surface area contributed by atoms with Gasteiger partial charge in [0.1, 0.15) is 11.6 Å². The highest BCUT2D eigenvalue weighted by Crippen LogP contribution is 2.44. The number of carbonyl (C=O) groups is 2. The maximum absolute atomic E-state index is 12.2. The van der Waals surface area contributed by atoms with E-state index in [1.54, 1.807) is 0 Å². The van der Waals surface area contributed by atoms with E-state index < -0.39 is 20.0 Å². The second-order valence-corrected chi connectivity index (χ2v) is 14.1. The molecular formula is C19H37NO4Si. The number of hydrogen-bond donors (Lipinski definition) is 1. The Morgan fingerprint density at radius 1 is 1.24 bits per heavy atom. The van der Waals surface area contributed by atoms with Crippen LogP contribution in [0.2, 0.25) is 18.1 Å². The van der Waals surface area contributed by atoms with Gasteiger partial charge in [0.25, 0.3) is 0 Å². The van der Waals surface area contributed by atoms with Gasteiger partial charge in [-0.25, -0.2) is 4.79 Å². The molecule has 25 heavy (non-hydrogen) atoms. The van der Waals surface area contributed by atoms with Crippen LogP contribution in [0.15, 0.2) is 0 Å².